The minimum Gasteiger partial charge on any atom is -0.481 e. The van der Waals surface area contributed by atoms with Crippen LogP contribution < -0.4 is 15.6 Å². The number of amides is 2. The number of halogens is 1. The molecule has 0 heterocycles. The average Bonchev–Trinajstić information content (AvgIpc) is 3.44. The molecule has 2 amide bonds. The van der Waals surface area contributed by atoms with Gasteiger partial charge in [0.25, 0.3) is 5.91 Å². The fourth-order valence-electron chi connectivity index (χ4n) is 2.64. The molecular formula is C19H19FN2O3. The largest absolute Gasteiger partial charge is 0.481 e. The molecule has 0 spiro atoms. The third-order valence-electron chi connectivity index (χ3n) is 4.31. The van der Waals surface area contributed by atoms with Gasteiger partial charge in [0, 0.05) is 0 Å². The van der Waals surface area contributed by atoms with Crippen molar-refractivity contribution >= 4 is 11.8 Å². The van der Waals surface area contributed by atoms with Crippen LogP contribution in [0.15, 0.2) is 54.6 Å². The normalized spacial score (nSPS) is 15.8. The lowest BCUT2D eigenvalue weighted by molar-refractivity contribution is -0.133. The summed E-state index contributed by atoms with van der Waals surface area (Å²) in [6.45, 7) is 1.55. The van der Waals surface area contributed by atoms with Crippen molar-refractivity contribution in [1.82, 2.24) is 10.9 Å². The third-order valence-corrected chi connectivity index (χ3v) is 4.31. The van der Waals surface area contributed by atoms with Crippen molar-refractivity contribution in [2.75, 3.05) is 0 Å². The molecular weight excluding hydrogens is 323 g/mol. The molecule has 2 N–H and O–H groups in total. The predicted molar refractivity (Wildman–Crippen MR) is 90.1 cm³/mol. The number of hydrazine groups is 1. The van der Waals surface area contributed by atoms with Gasteiger partial charge >= 0.3 is 0 Å². The summed E-state index contributed by atoms with van der Waals surface area (Å²) in [5.74, 6) is -0.728. The monoisotopic (exact) mass is 342 g/mol. The van der Waals surface area contributed by atoms with E-state index in [0.717, 1.165) is 18.4 Å². The van der Waals surface area contributed by atoms with Gasteiger partial charge in [0.1, 0.15) is 11.6 Å². The highest BCUT2D eigenvalue weighted by atomic mass is 19.1. The fraction of sp³-hybridized carbons (Fsp3) is 0.263. The molecule has 6 heteroatoms. The first kappa shape index (κ1) is 17.0. The van der Waals surface area contributed by atoms with E-state index in [1.807, 2.05) is 30.3 Å². The molecule has 130 valence electrons. The summed E-state index contributed by atoms with van der Waals surface area (Å²) in [6.07, 6.45) is 0.665. The molecule has 0 aliphatic heterocycles. The second-order valence-electron chi connectivity index (χ2n) is 6.11. The van der Waals surface area contributed by atoms with Crippen molar-refractivity contribution < 1.29 is 18.7 Å². The van der Waals surface area contributed by atoms with Gasteiger partial charge in [-0.15, -0.1) is 0 Å². The van der Waals surface area contributed by atoms with E-state index < -0.39 is 17.4 Å². The summed E-state index contributed by atoms with van der Waals surface area (Å²) in [5, 5.41) is 0. The lowest BCUT2D eigenvalue weighted by Crippen LogP contribution is -2.50. The van der Waals surface area contributed by atoms with Gasteiger partial charge in [-0.2, -0.15) is 0 Å². The zero-order valence-electron chi connectivity index (χ0n) is 13.8. The Morgan fingerprint density at radius 3 is 2.28 bits per heavy atom. The summed E-state index contributed by atoms with van der Waals surface area (Å²) in [4.78, 5) is 24.5. The molecule has 0 radical (unpaired) electrons. The first-order valence-corrected chi connectivity index (χ1v) is 8.09. The number of benzene rings is 2. The Labute approximate surface area is 145 Å². The van der Waals surface area contributed by atoms with Crippen LogP contribution in [0, 0.1) is 5.82 Å². The van der Waals surface area contributed by atoms with E-state index in [1.165, 1.54) is 24.3 Å². The number of hydrogen-bond donors (Lipinski definition) is 2. The Morgan fingerprint density at radius 1 is 1.04 bits per heavy atom. The number of rotatable bonds is 5. The molecule has 1 aliphatic rings. The Hall–Kier alpha value is -2.89. The van der Waals surface area contributed by atoms with Crippen LogP contribution in [-0.4, -0.2) is 17.9 Å². The minimum atomic E-state index is -0.836. The van der Waals surface area contributed by atoms with Crippen LogP contribution >= 0.6 is 0 Å². The Kier molecular flexibility index (Phi) is 4.70. The van der Waals surface area contributed by atoms with Gasteiger partial charge < -0.3 is 4.74 Å². The van der Waals surface area contributed by atoms with Crippen molar-refractivity contribution in [3.8, 4) is 5.75 Å². The highest BCUT2D eigenvalue weighted by Gasteiger charge is 2.51. The Bertz CT molecular complexity index is 758. The summed E-state index contributed by atoms with van der Waals surface area (Å²) in [5.41, 5.74) is 5.26. The van der Waals surface area contributed by atoms with E-state index in [4.69, 9.17) is 4.74 Å². The highest BCUT2D eigenvalue weighted by Crippen LogP contribution is 2.48. The third kappa shape index (κ3) is 3.79. The van der Waals surface area contributed by atoms with Gasteiger partial charge in [0.15, 0.2) is 6.10 Å². The number of nitrogens with one attached hydrogen (secondary N) is 2. The average molecular weight is 342 g/mol. The number of carbonyl (C=O) groups excluding carboxylic acids is 2. The van der Waals surface area contributed by atoms with E-state index in [0.29, 0.717) is 5.75 Å². The van der Waals surface area contributed by atoms with Crippen LogP contribution in [0.2, 0.25) is 0 Å². The van der Waals surface area contributed by atoms with Crippen molar-refractivity contribution in [2.24, 2.45) is 0 Å². The summed E-state index contributed by atoms with van der Waals surface area (Å²) < 4.78 is 18.3. The molecule has 0 bridgehead atoms. The van der Waals surface area contributed by atoms with E-state index in [1.54, 1.807) is 6.92 Å². The molecule has 2 aromatic carbocycles. The molecule has 1 aliphatic carbocycles. The van der Waals surface area contributed by atoms with Gasteiger partial charge in [-0.05, 0) is 49.6 Å². The molecule has 1 unspecified atom stereocenters. The Morgan fingerprint density at radius 2 is 1.68 bits per heavy atom. The predicted octanol–water partition coefficient (Wildman–Crippen LogP) is 2.47. The lowest BCUT2D eigenvalue weighted by Gasteiger charge is -2.18. The molecule has 1 atom stereocenters. The molecule has 25 heavy (non-hydrogen) atoms. The quantitative estimate of drug-likeness (QED) is 0.821. The van der Waals surface area contributed by atoms with Crippen molar-refractivity contribution in [2.45, 2.75) is 31.3 Å². The van der Waals surface area contributed by atoms with Gasteiger partial charge in [-0.25, -0.2) is 4.39 Å². The first-order valence-electron chi connectivity index (χ1n) is 8.09. The van der Waals surface area contributed by atoms with E-state index >= 15 is 0 Å². The standard InChI is InChI=1S/C19H19FN2O3/c1-13(25-16-9-7-15(20)8-10-16)17(23)21-22-18(24)19(11-12-19)14-5-3-2-4-6-14/h2-10,13H,11-12H2,1H3,(H,21,23)(H,22,24). The summed E-state index contributed by atoms with van der Waals surface area (Å²) >= 11 is 0. The lowest BCUT2D eigenvalue weighted by atomic mass is 9.95. The van der Waals surface area contributed by atoms with Gasteiger partial charge in [-0.1, -0.05) is 30.3 Å². The van der Waals surface area contributed by atoms with Crippen LogP contribution in [0.1, 0.15) is 25.3 Å². The van der Waals surface area contributed by atoms with E-state index in [2.05, 4.69) is 10.9 Å². The number of carbonyl (C=O) groups is 2. The van der Waals surface area contributed by atoms with Crippen molar-refractivity contribution in [3.05, 3.63) is 66.0 Å². The van der Waals surface area contributed by atoms with E-state index in [9.17, 15) is 14.0 Å². The van der Waals surface area contributed by atoms with Crippen LogP contribution in [-0.2, 0) is 15.0 Å². The summed E-state index contributed by atoms with van der Waals surface area (Å²) in [7, 11) is 0. The maximum absolute atomic E-state index is 12.9. The van der Waals surface area contributed by atoms with Gasteiger partial charge in [0.05, 0.1) is 5.41 Å². The maximum Gasteiger partial charge on any atom is 0.279 e. The topological polar surface area (TPSA) is 67.4 Å². The number of ether oxygens (including phenoxy) is 1. The van der Waals surface area contributed by atoms with Crippen molar-refractivity contribution in [3.63, 3.8) is 0 Å². The van der Waals surface area contributed by atoms with Crippen LogP contribution in [0.3, 0.4) is 0 Å². The fourth-order valence-corrected chi connectivity index (χ4v) is 2.64. The molecule has 3 rings (SSSR count). The van der Waals surface area contributed by atoms with Crippen LogP contribution in [0.25, 0.3) is 0 Å². The molecule has 0 aromatic heterocycles. The zero-order valence-corrected chi connectivity index (χ0v) is 13.8. The number of hydrogen-bond acceptors (Lipinski definition) is 3. The second-order valence-corrected chi connectivity index (χ2v) is 6.11. The van der Waals surface area contributed by atoms with Crippen molar-refractivity contribution in [1.29, 1.82) is 0 Å². The van der Waals surface area contributed by atoms with Gasteiger partial charge in [-0.3, -0.25) is 20.4 Å². The first-order chi connectivity index (χ1) is 12.0. The summed E-state index contributed by atoms with van der Waals surface area (Å²) in [6, 6.07) is 14.9. The van der Waals surface area contributed by atoms with E-state index in [-0.39, 0.29) is 11.7 Å². The molecule has 1 saturated carbocycles. The molecule has 0 saturated heterocycles. The Balaban J connectivity index is 1.53. The highest BCUT2D eigenvalue weighted by molar-refractivity contribution is 5.93. The van der Waals surface area contributed by atoms with Gasteiger partial charge in [0.2, 0.25) is 5.91 Å². The molecule has 5 nitrogen and oxygen atoms in total. The smallest absolute Gasteiger partial charge is 0.279 e. The second kappa shape index (κ2) is 6.93. The minimum absolute atomic E-state index is 0.235. The molecule has 1 fully saturated rings. The zero-order chi connectivity index (χ0) is 17.9. The maximum atomic E-state index is 12.9. The SMILES string of the molecule is CC(Oc1ccc(F)cc1)C(=O)NNC(=O)C1(c2ccccc2)CC1. The van der Waals surface area contributed by atoms with Crippen LogP contribution in [0.4, 0.5) is 4.39 Å². The van der Waals surface area contributed by atoms with Crippen LogP contribution in [0.5, 0.6) is 5.75 Å². The molecule has 2 aromatic rings.